The van der Waals surface area contributed by atoms with Gasteiger partial charge < -0.3 is 20.1 Å². The van der Waals surface area contributed by atoms with Gasteiger partial charge in [-0.3, -0.25) is 4.79 Å². The SMILES string of the molecule is COCC(CC(=O)O)c1cc(F)c(N(CC(C)C)CC(C)C)c(Nc2ccc(Cl)cc2)c1. The minimum Gasteiger partial charge on any atom is -0.481 e. The highest BCUT2D eigenvalue weighted by molar-refractivity contribution is 6.30. The Balaban J connectivity index is 2.61. The Morgan fingerprint density at radius 3 is 2.22 bits per heavy atom. The van der Waals surface area contributed by atoms with Gasteiger partial charge in [-0.15, -0.1) is 0 Å². The van der Waals surface area contributed by atoms with Crippen LogP contribution in [0, 0.1) is 17.7 Å². The zero-order valence-corrected chi connectivity index (χ0v) is 20.2. The van der Waals surface area contributed by atoms with Crippen molar-refractivity contribution in [3.63, 3.8) is 0 Å². The van der Waals surface area contributed by atoms with Crippen LogP contribution >= 0.6 is 11.6 Å². The first-order valence-corrected chi connectivity index (χ1v) is 11.3. The van der Waals surface area contributed by atoms with E-state index >= 15 is 4.39 Å². The van der Waals surface area contributed by atoms with E-state index in [-0.39, 0.29) is 18.8 Å². The van der Waals surface area contributed by atoms with E-state index in [1.54, 1.807) is 12.1 Å². The molecule has 0 fully saturated rings. The third kappa shape index (κ3) is 7.68. The molecule has 0 saturated heterocycles. The summed E-state index contributed by atoms with van der Waals surface area (Å²) in [6.45, 7) is 10.00. The molecule has 0 spiro atoms. The van der Waals surface area contributed by atoms with E-state index in [9.17, 15) is 9.90 Å². The number of hydrogen-bond acceptors (Lipinski definition) is 4. The largest absolute Gasteiger partial charge is 0.481 e. The molecule has 2 N–H and O–H groups in total. The summed E-state index contributed by atoms with van der Waals surface area (Å²) in [7, 11) is 1.51. The van der Waals surface area contributed by atoms with Crippen molar-refractivity contribution in [3.05, 3.63) is 52.8 Å². The van der Waals surface area contributed by atoms with Gasteiger partial charge in [-0.1, -0.05) is 39.3 Å². The predicted molar refractivity (Wildman–Crippen MR) is 130 cm³/mol. The smallest absolute Gasteiger partial charge is 0.304 e. The van der Waals surface area contributed by atoms with Crippen LogP contribution in [0.25, 0.3) is 0 Å². The number of carboxylic acids is 1. The Kier molecular flexibility index (Phi) is 9.79. The quantitative estimate of drug-likeness (QED) is 0.373. The van der Waals surface area contributed by atoms with Crippen LogP contribution in [0.1, 0.15) is 45.6 Å². The van der Waals surface area contributed by atoms with E-state index in [0.29, 0.717) is 46.9 Å². The zero-order chi connectivity index (χ0) is 23.8. The number of methoxy groups -OCH3 is 1. The molecule has 0 radical (unpaired) electrons. The molecule has 1 atom stereocenters. The molecular formula is C25H34ClFN2O3. The number of carbonyl (C=O) groups is 1. The molecule has 5 nitrogen and oxygen atoms in total. The molecule has 176 valence electrons. The van der Waals surface area contributed by atoms with Gasteiger partial charge in [-0.05, 0) is 53.8 Å². The summed E-state index contributed by atoms with van der Waals surface area (Å²) in [5.41, 5.74) is 2.43. The Morgan fingerprint density at radius 1 is 1.12 bits per heavy atom. The summed E-state index contributed by atoms with van der Waals surface area (Å²) in [6.07, 6.45) is -0.144. The van der Waals surface area contributed by atoms with Crippen LogP contribution in [-0.2, 0) is 9.53 Å². The Bertz CT molecular complexity index is 878. The number of carboxylic acid groups (broad SMARTS) is 1. The van der Waals surface area contributed by atoms with E-state index in [1.807, 2.05) is 18.2 Å². The summed E-state index contributed by atoms with van der Waals surface area (Å²) < 4.78 is 20.9. The summed E-state index contributed by atoms with van der Waals surface area (Å²) in [6, 6.07) is 10.5. The first-order chi connectivity index (χ1) is 15.1. The van der Waals surface area contributed by atoms with Crippen LogP contribution < -0.4 is 10.2 Å². The first kappa shape index (κ1) is 25.9. The van der Waals surface area contributed by atoms with Gasteiger partial charge in [0.25, 0.3) is 0 Å². The zero-order valence-electron chi connectivity index (χ0n) is 19.5. The molecule has 0 amide bonds. The number of hydrogen-bond donors (Lipinski definition) is 2. The number of aliphatic carboxylic acids is 1. The van der Waals surface area contributed by atoms with Crippen molar-refractivity contribution in [2.24, 2.45) is 11.8 Å². The van der Waals surface area contributed by atoms with Crippen molar-refractivity contribution < 1.29 is 19.0 Å². The standard InChI is InChI=1S/C25H34ClFN2O3/c1-16(2)13-29(14-17(3)4)25-22(27)10-18(19(15-32-5)12-24(30)31)11-23(25)28-21-8-6-20(26)7-9-21/h6-11,16-17,19,28H,12-15H2,1-5H3,(H,30,31). The maximum Gasteiger partial charge on any atom is 0.304 e. The molecule has 0 aromatic heterocycles. The fourth-order valence-electron chi connectivity index (χ4n) is 3.78. The van der Waals surface area contributed by atoms with Crippen LogP contribution in [0.4, 0.5) is 21.5 Å². The van der Waals surface area contributed by atoms with Crippen LogP contribution in [-0.4, -0.2) is 37.9 Å². The average Bonchev–Trinajstić information content (AvgIpc) is 2.67. The number of ether oxygens (including phenoxy) is 1. The van der Waals surface area contributed by atoms with Gasteiger partial charge in [0.05, 0.1) is 24.4 Å². The number of halogens is 2. The average molecular weight is 465 g/mol. The van der Waals surface area contributed by atoms with Gasteiger partial charge in [0.2, 0.25) is 0 Å². The minimum atomic E-state index is -0.954. The van der Waals surface area contributed by atoms with Crippen molar-refractivity contribution in [2.75, 3.05) is 37.0 Å². The molecule has 1 unspecified atom stereocenters. The number of nitrogens with zero attached hydrogens (tertiary/aromatic N) is 1. The fourth-order valence-corrected chi connectivity index (χ4v) is 3.91. The molecule has 0 heterocycles. The predicted octanol–water partition coefficient (Wildman–Crippen LogP) is 6.55. The highest BCUT2D eigenvalue weighted by Gasteiger charge is 2.24. The van der Waals surface area contributed by atoms with E-state index < -0.39 is 11.9 Å². The summed E-state index contributed by atoms with van der Waals surface area (Å²) in [4.78, 5) is 13.4. The Labute approximate surface area is 195 Å². The molecule has 0 aliphatic heterocycles. The first-order valence-electron chi connectivity index (χ1n) is 10.9. The molecular weight excluding hydrogens is 431 g/mol. The third-order valence-corrected chi connectivity index (χ3v) is 5.21. The van der Waals surface area contributed by atoms with Gasteiger partial charge in [-0.2, -0.15) is 0 Å². The number of benzene rings is 2. The van der Waals surface area contributed by atoms with Gasteiger partial charge in [0.1, 0.15) is 5.82 Å². The summed E-state index contributed by atoms with van der Waals surface area (Å²) >= 11 is 6.02. The minimum absolute atomic E-state index is 0.144. The van der Waals surface area contributed by atoms with E-state index in [1.165, 1.54) is 13.2 Å². The highest BCUT2D eigenvalue weighted by atomic mass is 35.5. The normalized spacial score (nSPS) is 12.3. The summed E-state index contributed by atoms with van der Waals surface area (Å²) in [5.74, 6) is -1.12. The summed E-state index contributed by atoms with van der Waals surface area (Å²) in [5, 5.41) is 13.3. The lowest BCUT2D eigenvalue weighted by Gasteiger charge is -2.32. The van der Waals surface area contributed by atoms with Crippen LogP contribution in [0.15, 0.2) is 36.4 Å². The lowest BCUT2D eigenvalue weighted by Crippen LogP contribution is -2.32. The van der Waals surface area contributed by atoms with Gasteiger partial charge in [0, 0.05) is 36.8 Å². The Hall–Kier alpha value is -2.31. The molecule has 32 heavy (non-hydrogen) atoms. The molecule has 2 rings (SSSR count). The van der Waals surface area contributed by atoms with Gasteiger partial charge >= 0.3 is 5.97 Å². The molecule has 7 heteroatoms. The lowest BCUT2D eigenvalue weighted by molar-refractivity contribution is -0.137. The van der Waals surface area contributed by atoms with Crippen molar-refractivity contribution in [2.45, 2.75) is 40.0 Å². The van der Waals surface area contributed by atoms with Crippen molar-refractivity contribution in [3.8, 4) is 0 Å². The highest BCUT2D eigenvalue weighted by Crippen LogP contribution is 2.37. The second-order valence-corrected chi connectivity index (χ2v) is 9.41. The monoisotopic (exact) mass is 464 g/mol. The second kappa shape index (κ2) is 12.1. The van der Waals surface area contributed by atoms with Gasteiger partial charge in [-0.25, -0.2) is 4.39 Å². The van der Waals surface area contributed by atoms with Crippen molar-refractivity contribution in [1.29, 1.82) is 0 Å². The maximum absolute atomic E-state index is 15.7. The van der Waals surface area contributed by atoms with Crippen molar-refractivity contribution in [1.82, 2.24) is 0 Å². The fraction of sp³-hybridized carbons (Fsp3) is 0.480. The molecule has 2 aromatic rings. The van der Waals surface area contributed by atoms with Crippen LogP contribution in [0.2, 0.25) is 5.02 Å². The molecule has 0 saturated carbocycles. The third-order valence-electron chi connectivity index (χ3n) is 4.96. The number of nitrogens with one attached hydrogen (secondary N) is 1. The van der Waals surface area contributed by atoms with Gasteiger partial charge in [0.15, 0.2) is 0 Å². The molecule has 0 aliphatic carbocycles. The van der Waals surface area contributed by atoms with Crippen LogP contribution in [0.3, 0.4) is 0 Å². The van der Waals surface area contributed by atoms with E-state index in [2.05, 4.69) is 37.9 Å². The second-order valence-electron chi connectivity index (χ2n) is 8.97. The number of anilines is 3. The van der Waals surface area contributed by atoms with E-state index in [4.69, 9.17) is 16.3 Å². The Morgan fingerprint density at radius 2 is 1.72 bits per heavy atom. The van der Waals surface area contributed by atoms with Crippen molar-refractivity contribution >= 4 is 34.6 Å². The lowest BCUT2D eigenvalue weighted by atomic mass is 9.94. The molecule has 0 bridgehead atoms. The van der Waals surface area contributed by atoms with Crippen LogP contribution in [0.5, 0.6) is 0 Å². The molecule has 0 aliphatic rings. The molecule has 2 aromatic carbocycles. The topological polar surface area (TPSA) is 61.8 Å². The number of rotatable bonds is 12. The van der Waals surface area contributed by atoms with E-state index in [0.717, 1.165) is 5.69 Å². The maximum atomic E-state index is 15.7.